The van der Waals surface area contributed by atoms with Crippen LogP contribution in [0.15, 0.2) is 30.5 Å². The number of esters is 1. The van der Waals surface area contributed by atoms with E-state index in [0.29, 0.717) is 21.3 Å². The number of hydrogen-bond acceptors (Lipinski definition) is 4. The van der Waals surface area contributed by atoms with Gasteiger partial charge in [-0.15, -0.1) is 0 Å². The van der Waals surface area contributed by atoms with Crippen LogP contribution in [0, 0.1) is 0 Å². The quantitative estimate of drug-likeness (QED) is 0.794. The van der Waals surface area contributed by atoms with E-state index in [9.17, 15) is 4.79 Å². The van der Waals surface area contributed by atoms with Crippen molar-refractivity contribution < 1.29 is 9.53 Å². The number of carbonyl (C=O) groups is 1. The zero-order valence-electron chi connectivity index (χ0n) is 9.35. The van der Waals surface area contributed by atoms with Gasteiger partial charge in [-0.3, -0.25) is 0 Å². The Hall–Kier alpha value is -1.65. The molecule has 0 atom stereocenters. The van der Waals surface area contributed by atoms with Crippen LogP contribution >= 0.6 is 23.2 Å². The molecule has 0 fully saturated rings. The second-order valence-electron chi connectivity index (χ2n) is 3.38. The lowest BCUT2D eigenvalue weighted by atomic mass is 10.1. The van der Waals surface area contributed by atoms with E-state index in [1.165, 1.54) is 13.3 Å². The average Bonchev–Trinajstić information content (AvgIpc) is 2.40. The Morgan fingerprint density at radius 3 is 2.78 bits per heavy atom. The standard InChI is InChI=1S/C12H8Cl2N2O2/c1-18-12(17)11-15-5-4-10(16-11)8-6-7(13)2-3-9(8)14/h2-6H,1H3. The van der Waals surface area contributed by atoms with Gasteiger partial charge in [0, 0.05) is 16.8 Å². The molecule has 0 saturated carbocycles. The van der Waals surface area contributed by atoms with Crippen LogP contribution in [0.2, 0.25) is 10.0 Å². The summed E-state index contributed by atoms with van der Waals surface area (Å²) in [5, 5.41) is 1.03. The third-order valence-corrected chi connectivity index (χ3v) is 2.79. The molecule has 0 saturated heterocycles. The molecule has 0 unspecified atom stereocenters. The minimum atomic E-state index is -0.602. The first-order valence-electron chi connectivity index (χ1n) is 4.98. The van der Waals surface area contributed by atoms with Crippen molar-refractivity contribution in [1.29, 1.82) is 0 Å². The van der Waals surface area contributed by atoms with Crippen LogP contribution in [0.5, 0.6) is 0 Å². The Balaban J connectivity index is 2.51. The highest BCUT2D eigenvalue weighted by atomic mass is 35.5. The Morgan fingerprint density at radius 2 is 2.06 bits per heavy atom. The lowest BCUT2D eigenvalue weighted by molar-refractivity contribution is 0.0587. The van der Waals surface area contributed by atoms with Gasteiger partial charge in [0.15, 0.2) is 0 Å². The Labute approximate surface area is 114 Å². The number of hydrogen-bond donors (Lipinski definition) is 0. The fourth-order valence-electron chi connectivity index (χ4n) is 1.39. The number of aromatic nitrogens is 2. The number of nitrogens with zero attached hydrogens (tertiary/aromatic N) is 2. The molecule has 1 heterocycles. The number of methoxy groups -OCH3 is 1. The van der Waals surface area contributed by atoms with E-state index in [1.54, 1.807) is 24.3 Å². The molecule has 0 amide bonds. The van der Waals surface area contributed by atoms with E-state index in [1.807, 2.05) is 0 Å². The van der Waals surface area contributed by atoms with Gasteiger partial charge in [0.2, 0.25) is 5.82 Å². The molecule has 2 aromatic rings. The molecule has 4 nitrogen and oxygen atoms in total. The molecule has 0 aliphatic heterocycles. The predicted molar refractivity (Wildman–Crippen MR) is 68.8 cm³/mol. The monoisotopic (exact) mass is 282 g/mol. The highest BCUT2D eigenvalue weighted by molar-refractivity contribution is 6.35. The highest BCUT2D eigenvalue weighted by Crippen LogP contribution is 2.29. The molecular weight excluding hydrogens is 275 g/mol. The van der Waals surface area contributed by atoms with E-state index in [2.05, 4.69) is 14.7 Å². The van der Waals surface area contributed by atoms with Crippen LogP contribution in [-0.2, 0) is 4.74 Å². The summed E-state index contributed by atoms with van der Waals surface area (Å²) in [6.45, 7) is 0. The van der Waals surface area contributed by atoms with Gasteiger partial charge in [-0.1, -0.05) is 23.2 Å². The number of halogens is 2. The van der Waals surface area contributed by atoms with Gasteiger partial charge >= 0.3 is 5.97 Å². The van der Waals surface area contributed by atoms with Gasteiger partial charge in [0.25, 0.3) is 0 Å². The molecule has 6 heteroatoms. The summed E-state index contributed by atoms with van der Waals surface area (Å²) >= 11 is 12.0. The first-order chi connectivity index (χ1) is 8.61. The SMILES string of the molecule is COC(=O)c1nccc(-c2cc(Cl)ccc2Cl)n1. The van der Waals surface area contributed by atoms with Gasteiger partial charge in [0.1, 0.15) is 0 Å². The Kier molecular flexibility index (Phi) is 3.79. The maximum Gasteiger partial charge on any atom is 0.376 e. The van der Waals surface area contributed by atoms with Crippen LogP contribution in [0.1, 0.15) is 10.6 Å². The number of benzene rings is 1. The summed E-state index contributed by atoms with van der Waals surface area (Å²) < 4.78 is 4.56. The van der Waals surface area contributed by atoms with Crippen LogP contribution in [0.25, 0.3) is 11.3 Å². The predicted octanol–water partition coefficient (Wildman–Crippen LogP) is 3.24. The van der Waals surface area contributed by atoms with Crippen molar-refractivity contribution in [3.8, 4) is 11.3 Å². The maximum absolute atomic E-state index is 11.3. The molecular formula is C12H8Cl2N2O2. The fraction of sp³-hybridized carbons (Fsp3) is 0.0833. The summed E-state index contributed by atoms with van der Waals surface area (Å²) in [5.41, 5.74) is 1.15. The molecule has 0 spiro atoms. The summed E-state index contributed by atoms with van der Waals surface area (Å²) in [6.07, 6.45) is 1.46. The Bertz CT molecular complexity index is 602. The molecule has 0 aliphatic rings. The second-order valence-corrected chi connectivity index (χ2v) is 4.22. The molecule has 2 rings (SSSR count). The van der Waals surface area contributed by atoms with Gasteiger partial charge < -0.3 is 4.74 Å². The minimum absolute atomic E-state index is 0.0222. The fourth-order valence-corrected chi connectivity index (χ4v) is 1.78. The summed E-state index contributed by atoms with van der Waals surface area (Å²) in [4.78, 5) is 19.3. The second kappa shape index (κ2) is 5.33. The zero-order valence-corrected chi connectivity index (χ0v) is 10.9. The van der Waals surface area contributed by atoms with Gasteiger partial charge in [-0.25, -0.2) is 14.8 Å². The van der Waals surface area contributed by atoms with Crippen molar-refractivity contribution in [3.05, 3.63) is 46.3 Å². The maximum atomic E-state index is 11.3. The minimum Gasteiger partial charge on any atom is -0.463 e. The number of carbonyl (C=O) groups excluding carboxylic acids is 1. The first-order valence-corrected chi connectivity index (χ1v) is 5.74. The van der Waals surface area contributed by atoms with E-state index in [4.69, 9.17) is 23.2 Å². The zero-order chi connectivity index (χ0) is 13.1. The lowest BCUT2D eigenvalue weighted by Gasteiger charge is -2.05. The molecule has 0 bridgehead atoms. The van der Waals surface area contributed by atoms with Crippen molar-refractivity contribution in [3.63, 3.8) is 0 Å². The lowest BCUT2D eigenvalue weighted by Crippen LogP contribution is -2.07. The average molecular weight is 283 g/mol. The largest absolute Gasteiger partial charge is 0.463 e. The molecule has 18 heavy (non-hydrogen) atoms. The van der Waals surface area contributed by atoms with E-state index < -0.39 is 5.97 Å². The topological polar surface area (TPSA) is 52.1 Å². The van der Waals surface area contributed by atoms with Crippen LogP contribution < -0.4 is 0 Å². The van der Waals surface area contributed by atoms with Crippen molar-refractivity contribution in [2.75, 3.05) is 7.11 Å². The molecule has 0 N–H and O–H groups in total. The molecule has 1 aromatic heterocycles. The van der Waals surface area contributed by atoms with Crippen LogP contribution in [0.3, 0.4) is 0 Å². The number of ether oxygens (including phenoxy) is 1. The van der Waals surface area contributed by atoms with Crippen LogP contribution in [-0.4, -0.2) is 23.0 Å². The van der Waals surface area contributed by atoms with Crippen molar-refractivity contribution in [2.24, 2.45) is 0 Å². The Morgan fingerprint density at radius 1 is 1.28 bits per heavy atom. The van der Waals surface area contributed by atoms with Gasteiger partial charge in [-0.05, 0) is 24.3 Å². The molecule has 0 radical (unpaired) electrons. The van der Waals surface area contributed by atoms with E-state index in [0.717, 1.165) is 0 Å². The van der Waals surface area contributed by atoms with E-state index >= 15 is 0 Å². The molecule has 1 aromatic carbocycles. The molecule has 92 valence electrons. The first kappa shape index (κ1) is 12.8. The summed E-state index contributed by atoms with van der Waals surface area (Å²) in [7, 11) is 1.27. The summed E-state index contributed by atoms with van der Waals surface area (Å²) in [6, 6.07) is 6.66. The number of rotatable bonds is 2. The smallest absolute Gasteiger partial charge is 0.376 e. The van der Waals surface area contributed by atoms with Crippen molar-refractivity contribution >= 4 is 29.2 Å². The highest BCUT2D eigenvalue weighted by Gasteiger charge is 2.12. The third kappa shape index (κ3) is 2.60. The van der Waals surface area contributed by atoms with Crippen LogP contribution in [0.4, 0.5) is 0 Å². The van der Waals surface area contributed by atoms with Gasteiger partial charge in [-0.2, -0.15) is 0 Å². The van der Waals surface area contributed by atoms with Crippen molar-refractivity contribution in [1.82, 2.24) is 9.97 Å². The van der Waals surface area contributed by atoms with E-state index in [-0.39, 0.29) is 5.82 Å². The molecule has 0 aliphatic carbocycles. The van der Waals surface area contributed by atoms with Crippen molar-refractivity contribution in [2.45, 2.75) is 0 Å². The van der Waals surface area contributed by atoms with Gasteiger partial charge in [0.05, 0.1) is 17.8 Å². The third-order valence-electron chi connectivity index (χ3n) is 2.23. The summed E-state index contributed by atoms with van der Waals surface area (Å²) in [5.74, 6) is -0.624. The normalized spacial score (nSPS) is 10.2.